The molecule has 1 unspecified atom stereocenters. The van der Waals surface area contributed by atoms with Crippen molar-refractivity contribution in [3.05, 3.63) is 29.6 Å². The summed E-state index contributed by atoms with van der Waals surface area (Å²) in [6.45, 7) is 6.23. The van der Waals surface area contributed by atoms with Crippen molar-refractivity contribution in [2.24, 2.45) is 11.7 Å². The first kappa shape index (κ1) is 13.5. The topological polar surface area (TPSA) is 26.0 Å². The van der Waals surface area contributed by atoms with E-state index in [1.807, 2.05) is 13.0 Å². The molecule has 0 amide bonds. The number of halogens is 1. The van der Waals surface area contributed by atoms with E-state index in [-0.39, 0.29) is 11.9 Å². The lowest BCUT2D eigenvalue weighted by Gasteiger charge is -2.13. The van der Waals surface area contributed by atoms with Crippen LogP contribution >= 0.6 is 11.8 Å². The van der Waals surface area contributed by atoms with Gasteiger partial charge in [-0.2, -0.15) is 0 Å². The highest BCUT2D eigenvalue weighted by Gasteiger charge is 2.11. The first-order chi connectivity index (χ1) is 7.50. The fourth-order valence-corrected chi connectivity index (χ4v) is 2.49. The van der Waals surface area contributed by atoms with Gasteiger partial charge in [0.25, 0.3) is 0 Å². The molecular formula is C13H20FNS. The van der Waals surface area contributed by atoms with E-state index >= 15 is 0 Å². The normalized spacial score (nSPS) is 13.1. The molecule has 1 aromatic rings. The monoisotopic (exact) mass is 241 g/mol. The van der Waals surface area contributed by atoms with Crippen molar-refractivity contribution in [3.8, 4) is 0 Å². The van der Waals surface area contributed by atoms with Gasteiger partial charge in [-0.25, -0.2) is 4.39 Å². The molecule has 1 aromatic carbocycles. The van der Waals surface area contributed by atoms with Gasteiger partial charge in [-0.1, -0.05) is 19.9 Å². The van der Waals surface area contributed by atoms with Gasteiger partial charge in [-0.15, -0.1) is 11.8 Å². The minimum absolute atomic E-state index is 0.00435. The number of thioether (sulfide) groups is 1. The van der Waals surface area contributed by atoms with Gasteiger partial charge in [0.15, 0.2) is 0 Å². The lowest BCUT2D eigenvalue weighted by molar-refractivity contribution is 0.588. The van der Waals surface area contributed by atoms with Crippen molar-refractivity contribution in [3.63, 3.8) is 0 Å². The largest absolute Gasteiger partial charge is 0.328 e. The molecule has 0 fully saturated rings. The Bertz CT molecular complexity index is 337. The van der Waals surface area contributed by atoms with Crippen LogP contribution in [0.3, 0.4) is 0 Å². The van der Waals surface area contributed by atoms with Crippen LogP contribution in [0.5, 0.6) is 0 Å². The van der Waals surface area contributed by atoms with E-state index in [0.717, 1.165) is 16.2 Å². The molecule has 0 aliphatic carbocycles. The molecule has 1 nitrogen and oxygen atoms in total. The van der Waals surface area contributed by atoms with Gasteiger partial charge in [0.05, 0.1) is 0 Å². The van der Waals surface area contributed by atoms with Crippen LogP contribution in [0.1, 0.15) is 26.3 Å². The summed E-state index contributed by atoms with van der Waals surface area (Å²) in [6, 6.07) is 5.25. The third-order valence-electron chi connectivity index (χ3n) is 2.17. The maximum atomic E-state index is 13.7. The number of hydrogen-bond acceptors (Lipinski definition) is 2. The lowest BCUT2D eigenvalue weighted by atomic mass is 10.1. The quantitative estimate of drug-likeness (QED) is 0.799. The predicted molar refractivity (Wildman–Crippen MR) is 69.3 cm³/mol. The molecule has 0 saturated carbocycles. The van der Waals surface area contributed by atoms with Crippen LogP contribution in [-0.2, 0) is 6.42 Å². The average Bonchev–Trinajstić information content (AvgIpc) is 2.18. The van der Waals surface area contributed by atoms with Crippen LogP contribution in [0.25, 0.3) is 0 Å². The van der Waals surface area contributed by atoms with Gasteiger partial charge in [-0.3, -0.25) is 0 Å². The zero-order valence-corrected chi connectivity index (χ0v) is 11.0. The molecule has 0 aliphatic rings. The molecular weight excluding hydrogens is 221 g/mol. The summed E-state index contributed by atoms with van der Waals surface area (Å²) < 4.78 is 13.7. The standard InChI is InChI=1S/C13H20FNS/c1-9(2)8-16-13-6-4-5-12(14)11(13)7-10(3)15/h4-6,9-10H,7-8,15H2,1-3H3. The van der Waals surface area contributed by atoms with E-state index in [1.165, 1.54) is 6.07 Å². The highest BCUT2D eigenvalue weighted by Crippen LogP contribution is 2.27. The second-order valence-electron chi connectivity index (χ2n) is 4.60. The van der Waals surface area contributed by atoms with E-state index in [1.54, 1.807) is 17.8 Å². The Hall–Kier alpha value is -0.540. The predicted octanol–water partition coefficient (Wildman–Crippen LogP) is 3.46. The average molecular weight is 241 g/mol. The van der Waals surface area contributed by atoms with E-state index in [2.05, 4.69) is 13.8 Å². The van der Waals surface area contributed by atoms with E-state index < -0.39 is 0 Å². The molecule has 0 saturated heterocycles. The van der Waals surface area contributed by atoms with Crippen molar-refractivity contribution in [2.75, 3.05) is 5.75 Å². The molecule has 1 rings (SSSR count). The first-order valence-corrected chi connectivity index (χ1v) is 6.65. The molecule has 0 radical (unpaired) electrons. The Labute approximate surface area is 102 Å². The minimum atomic E-state index is -0.133. The fraction of sp³-hybridized carbons (Fsp3) is 0.538. The van der Waals surface area contributed by atoms with Crippen LogP contribution in [0.2, 0.25) is 0 Å². The molecule has 90 valence electrons. The summed E-state index contributed by atoms with van der Waals surface area (Å²) in [5.41, 5.74) is 6.51. The van der Waals surface area contributed by atoms with E-state index in [9.17, 15) is 4.39 Å². The molecule has 0 aliphatic heterocycles. The summed E-state index contributed by atoms with van der Waals surface area (Å²) in [5, 5.41) is 0. The van der Waals surface area contributed by atoms with E-state index in [4.69, 9.17) is 5.73 Å². The Morgan fingerprint density at radius 2 is 2.00 bits per heavy atom. The van der Waals surface area contributed by atoms with E-state index in [0.29, 0.717) is 12.3 Å². The second-order valence-corrected chi connectivity index (χ2v) is 5.66. The van der Waals surface area contributed by atoms with Crippen LogP contribution in [0.15, 0.2) is 23.1 Å². The molecule has 1 atom stereocenters. The van der Waals surface area contributed by atoms with Crippen molar-refractivity contribution in [1.29, 1.82) is 0 Å². The van der Waals surface area contributed by atoms with Crippen molar-refractivity contribution in [1.82, 2.24) is 0 Å². The highest BCUT2D eigenvalue weighted by molar-refractivity contribution is 7.99. The molecule has 2 N–H and O–H groups in total. The summed E-state index contributed by atoms with van der Waals surface area (Å²) in [7, 11) is 0. The zero-order chi connectivity index (χ0) is 12.1. The highest BCUT2D eigenvalue weighted by atomic mass is 32.2. The minimum Gasteiger partial charge on any atom is -0.328 e. The maximum Gasteiger partial charge on any atom is 0.127 e. The SMILES string of the molecule is CC(C)CSc1cccc(F)c1CC(C)N. The third-order valence-corrected chi connectivity index (χ3v) is 3.70. The number of rotatable bonds is 5. The molecule has 3 heteroatoms. The molecule has 16 heavy (non-hydrogen) atoms. The molecule has 0 bridgehead atoms. The summed E-state index contributed by atoms with van der Waals surface area (Å²) in [6.07, 6.45) is 0.604. The Morgan fingerprint density at radius 3 is 2.56 bits per heavy atom. The van der Waals surface area contributed by atoms with Crippen LogP contribution in [0.4, 0.5) is 4.39 Å². The first-order valence-electron chi connectivity index (χ1n) is 5.66. The van der Waals surface area contributed by atoms with Crippen LogP contribution in [0, 0.1) is 11.7 Å². The molecule has 0 aromatic heterocycles. The Morgan fingerprint density at radius 1 is 1.31 bits per heavy atom. The summed E-state index contributed by atoms with van der Waals surface area (Å²) in [5.74, 6) is 1.48. The molecule has 0 spiro atoms. The third kappa shape index (κ3) is 4.14. The van der Waals surface area contributed by atoms with Crippen LogP contribution < -0.4 is 5.73 Å². The molecule has 0 heterocycles. The maximum absolute atomic E-state index is 13.7. The van der Waals surface area contributed by atoms with Gasteiger partial charge >= 0.3 is 0 Å². The Kier molecular flexibility index (Phi) is 5.29. The van der Waals surface area contributed by atoms with Gasteiger partial charge in [-0.05, 0) is 31.4 Å². The fourth-order valence-electron chi connectivity index (χ4n) is 1.45. The van der Waals surface area contributed by atoms with Gasteiger partial charge in [0, 0.05) is 22.3 Å². The van der Waals surface area contributed by atoms with Gasteiger partial charge in [0.1, 0.15) is 5.82 Å². The van der Waals surface area contributed by atoms with Gasteiger partial charge in [0.2, 0.25) is 0 Å². The lowest BCUT2D eigenvalue weighted by Crippen LogP contribution is -2.19. The summed E-state index contributed by atoms with van der Waals surface area (Å²) >= 11 is 1.72. The second kappa shape index (κ2) is 6.26. The number of hydrogen-bond donors (Lipinski definition) is 1. The smallest absolute Gasteiger partial charge is 0.127 e. The van der Waals surface area contributed by atoms with Crippen molar-refractivity contribution < 1.29 is 4.39 Å². The summed E-state index contributed by atoms with van der Waals surface area (Å²) in [4.78, 5) is 1.03. The number of nitrogens with two attached hydrogens (primary N) is 1. The zero-order valence-electron chi connectivity index (χ0n) is 10.2. The number of benzene rings is 1. The van der Waals surface area contributed by atoms with Crippen molar-refractivity contribution >= 4 is 11.8 Å². The Balaban J connectivity index is 2.85. The van der Waals surface area contributed by atoms with Crippen molar-refractivity contribution in [2.45, 2.75) is 38.1 Å². The van der Waals surface area contributed by atoms with Gasteiger partial charge < -0.3 is 5.73 Å². The van der Waals surface area contributed by atoms with Crippen LogP contribution in [-0.4, -0.2) is 11.8 Å².